The van der Waals surface area contributed by atoms with Crippen molar-refractivity contribution in [1.29, 1.82) is 0 Å². The largest absolute Gasteiger partial charge is 0.573 e. The van der Waals surface area contributed by atoms with E-state index in [1.54, 1.807) is 0 Å². The van der Waals surface area contributed by atoms with Crippen molar-refractivity contribution in [2.24, 2.45) is 0 Å². The predicted octanol–water partition coefficient (Wildman–Crippen LogP) is 3.92. The summed E-state index contributed by atoms with van der Waals surface area (Å²) in [4.78, 5) is 3.59. The van der Waals surface area contributed by atoms with E-state index in [1.165, 1.54) is 19.4 Å². The van der Waals surface area contributed by atoms with Crippen molar-refractivity contribution in [2.45, 2.75) is 6.36 Å². The van der Waals surface area contributed by atoms with Crippen LogP contribution in [0, 0.1) is 5.82 Å². The Hall–Kier alpha value is -2.51. The molecule has 0 atom stereocenters. The molecule has 0 unspecified atom stereocenters. The van der Waals surface area contributed by atoms with E-state index in [2.05, 4.69) is 9.72 Å². The standard InChI is InChI=1S/C13H9F4NO3/c1-19-12-5-9(21-13(15,16)17)2-3-11(12)20-10-4-8(14)6-18-7-10/h2-7H,1H3. The third kappa shape index (κ3) is 4.23. The molecule has 112 valence electrons. The van der Waals surface area contributed by atoms with Crippen LogP contribution in [0.25, 0.3) is 0 Å². The maximum absolute atomic E-state index is 13.0. The molecule has 0 amide bonds. The number of methoxy groups -OCH3 is 1. The van der Waals surface area contributed by atoms with Gasteiger partial charge in [-0.25, -0.2) is 4.39 Å². The molecule has 1 aromatic carbocycles. The minimum absolute atomic E-state index is 0.000936. The first-order valence-electron chi connectivity index (χ1n) is 5.59. The summed E-state index contributed by atoms with van der Waals surface area (Å²) < 4.78 is 63.3. The van der Waals surface area contributed by atoms with Crippen LogP contribution in [-0.4, -0.2) is 18.5 Å². The number of benzene rings is 1. The summed E-state index contributed by atoms with van der Waals surface area (Å²) in [7, 11) is 1.25. The minimum atomic E-state index is -4.81. The Labute approximate surface area is 116 Å². The zero-order valence-electron chi connectivity index (χ0n) is 10.6. The Balaban J connectivity index is 2.24. The molecule has 0 aliphatic rings. The first-order chi connectivity index (χ1) is 9.87. The summed E-state index contributed by atoms with van der Waals surface area (Å²) in [6.45, 7) is 0. The molecule has 2 rings (SSSR count). The number of pyridine rings is 1. The van der Waals surface area contributed by atoms with Crippen LogP contribution in [0.15, 0.2) is 36.7 Å². The van der Waals surface area contributed by atoms with Gasteiger partial charge >= 0.3 is 6.36 Å². The molecule has 0 saturated carbocycles. The van der Waals surface area contributed by atoms with E-state index in [4.69, 9.17) is 9.47 Å². The molecular weight excluding hydrogens is 294 g/mol. The normalized spacial score (nSPS) is 11.1. The average molecular weight is 303 g/mol. The fourth-order valence-corrected chi connectivity index (χ4v) is 1.50. The second-order valence-corrected chi connectivity index (χ2v) is 3.80. The molecule has 0 saturated heterocycles. The molecule has 8 heteroatoms. The first kappa shape index (κ1) is 14.9. The molecule has 0 bridgehead atoms. The number of nitrogens with zero attached hydrogens (tertiary/aromatic N) is 1. The molecule has 0 N–H and O–H groups in total. The number of hydrogen-bond donors (Lipinski definition) is 0. The Morgan fingerprint density at radius 1 is 1.00 bits per heavy atom. The summed E-state index contributed by atoms with van der Waals surface area (Å²) in [5.41, 5.74) is 0. The maximum Gasteiger partial charge on any atom is 0.573 e. The van der Waals surface area contributed by atoms with Crippen LogP contribution in [0.5, 0.6) is 23.0 Å². The fraction of sp³-hybridized carbons (Fsp3) is 0.154. The predicted molar refractivity (Wildman–Crippen MR) is 63.9 cm³/mol. The van der Waals surface area contributed by atoms with Crippen molar-refractivity contribution in [1.82, 2.24) is 4.98 Å². The van der Waals surface area contributed by atoms with Crippen LogP contribution < -0.4 is 14.2 Å². The molecule has 1 heterocycles. The van der Waals surface area contributed by atoms with E-state index in [0.29, 0.717) is 0 Å². The highest BCUT2D eigenvalue weighted by Crippen LogP contribution is 2.36. The molecule has 0 aliphatic carbocycles. The van der Waals surface area contributed by atoms with Crippen LogP contribution in [0.3, 0.4) is 0 Å². The zero-order chi connectivity index (χ0) is 15.5. The van der Waals surface area contributed by atoms with Gasteiger partial charge in [0.15, 0.2) is 11.5 Å². The smallest absolute Gasteiger partial charge is 0.493 e. The zero-order valence-corrected chi connectivity index (χ0v) is 10.6. The third-order valence-electron chi connectivity index (χ3n) is 2.28. The topological polar surface area (TPSA) is 40.6 Å². The third-order valence-corrected chi connectivity index (χ3v) is 2.28. The molecule has 21 heavy (non-hydrogen) atoms. The number of hydrogen-bond acceptors (Lipinski definition) is 4. The van der Waals surface area contributed by atoms with Gasteiger partial charge in [0.1, 0.15) is 17.3 Å². The van der Waals surface area contributed by atoms with E-state index in [0.717, 1.165) is 24.4 Å². The molecule has 1 aromatic heterocycles. The van der Waals surface area contributed by atoms with Crippen molar-refractivity contribution >= 4 is 0 Å². The van der Waals surface area contributed by atoms with Crippen LogP contribution in [0.2, 0.25) is 0 Å². The van der Waals surface area contributed by atoms with Crippen LogP contribution in [0.4, 0.5) is 17.6 Å². The van der Waals surface area contributed by atoms with E-state index in [9.17, 15) is 17.6 Å². The monoisotopic (exact) mass is 303 g/mol. The van der Waals surface area contributed by atoms with Crippen LogP contribution in [0.1, 0.15) is 0 Å². The number of rotatable bonds is 4. The molecule has 0 spiro atoms. The summed E-state index contributed by atoms with van der Waals surface area (Å²) in [5.74, 6) is -0.884. The van der Waals surface area contributed by atoms with Gasteiger partial charge < -0.3 is 14.2 Å². The van der Waals surface area contributed by atoms with Crippen molar-refractivity contribution in [2.75, 3.05) is 7.11 Å². The average Bonchev–Trinajstić information content (AvgIpc) is 2.39. The molecule has 2 aromatic rings. The highest BCUT2D eigenvalue weighted by molar-refractivity contribution is 5.47. The van der Waals surface area contributed by atoms with Crippen molar-refractivity contribution in [3.63, 3.8) is 0 Å². The molecule has 0 radical (unpaired) electrons. The van der Waals surface area contributed by atoms with Gasteiger partial charge in [-0.05, 0) is 12.1 Å². The van der Waals surface area contributed by atoms with Gasteiger partial charge in [-0.2, -0.15) is 0 Å². The van der Waals surface area contributed by atoms with Gasteiger partial charge in [-0.1, -0.05) is 0 Å². The van der Waals surface area contributed by atoms with E-state index < -0.39 is 17.9 Å². The SMILES string of the molecule is COc1cc(OC(F)(F)F)ccc1Oc1cncc(F)c1. The molecular formula is C13H9F4NO3. The molecule has 0 aliphatic heterocycles. The van der Waals surface area contributed by atoms with Gasteiger partial charge in [0, 0.05) is 12.1 Å². The summed E-state index contributed by atoms with van der Waals surface area (Å²) in [5, 5.41) is 0. The Morgan fingerprint density at radius 3 is 2.38 bits per heavy atom. The Kier molecular flexibility index (Phi) is 4.15. The van der Waals surface area contributed by atoms with Gasteiger partial charge in [-0.3, -0.25) is 4.98 Å². The lowest BCUT2D eigenvalue weighted by atomic mass is 10.3. The number of alkyl halides is 3. The quantitative estimate of drug-likeness (QED) is 0.803. The number of halogens is 4. The van der Waals surface area contributed by atoms with E-state index >= 15 is 0 Å². The number of aromatic nitrogens is 1. The van der Waals surface area contributed by atoms with Gasteiger partial charge in [-0.15, -0.1) is 13.2 Å². The summed E-state index contributed by atoms with van der Waals surface area (Å²) in [6.07, 6.45) is -2.56. The van der Waals surface area contributed by atoms with Gasteiger partial charge in [0.25, 0.3) is 0 Å². The first-order valence-corrected chi connectivity index (χ1v) is 5.59. The van der Waals surface area contributed by atoms with Crippen molar-refractivity contribution in [3.8, 4) is 23.0 Å². The Morgan fingerprint density at radius 2 is 1.76 bits per heavy atom. The van der Waals surface area contributed by atoms with Gasteiger partial charge in [0.05, 0.1) is 19.5 Å². The summed E-state index contributed by atoms with van der Waals surface area (Å²) >= 11 is 0. The lowest BCUT2D eigenvalue weighted by molar-refractivity contribution is -0.274. The van der Waals surface area contributed by atoms with Crippen LogP contribution >= 0.6 is 0 Å². The van der Waals surface area contributed by atoms with Crippen LogP contribution in [-0.2, 0) is 0 Å². The lowest BCUT2D eigenvalue weighted by Gasteiger charge is -2.13. The van der Waals surface area contributed by atoms with E-state index in [1.807, 2.05) is 0 Å². The molecule has 0 fully saturated rings. The second kappa shape index (κ2) is 5.86. The van der Waals surface area contributed by atoms with Crippen molar-refractivity contribution in [3.05, 3.63) is 42.5 Å². The highest BCUT2D eigenvalue weighted by Gasteiger charge is 2.31. The minimum Gasteiger partial charge on any atom is -0.493 e. The lowest BCUT2D eigenvalue weighted by Crippen LogP contribution is -2.17. The summed E-state index contributed by atoms with van der Waals surface area (Å²) in [6, 6.07) is 4.35. The van der Waals surface area contributed by atoms with Crippen molar-refractivity contribution < 1.29 is 31.8 Å². The van der Waals surface area contributed by atoms with Gasteiger partial charge in [0.2, 0.25) is 0 Å². The Bertz CT molecular complexity index is 631. The second-order valence-electron chi connectivity index (χ2n) is 3.80. The highest BCUT2D eigenvalue weighted by atomic mass is 19.4. The van der Waals surface area contributed by atoms with E-state index in [-0.39, 0.29) is 17.2 Å². The fourth-order valence-electron chi connectivity index (χ4n) is 1.50. The number of ether oxygens (including phenoxy) is 3. The maximum atomic E-state index is 13.0. The molecule has 4 nitrogen and oxygen atoms in total.